The van der Waals surface area contributed by atoms with Gasteiger partial charge in [0.25, 0.3) is 0 Å². The largest absolute Gasteiger partial charge is 0.390 e. The molecule has 0 bridgehead atoms. The second-order valence-corrected chi connectivity index (χ2v) is 11.4. The van der Waals surface area contributed by atoms with Gasteiger partial charge < -0.3 is 14.6 Å². The lowest BCUT2D eigenvalue weighted by Crippen LogP contribution is -2.51. The van der Waals surface area contributed by atoms with Gasteiger partial charge in [-0.25, -0.2) is 0 Å². The van der Waals surface area contributed by atoms with E-state index in [9.17, 15) is 5.11 Å². The Balaban J connectivity index is 1.19. The molecule has 2 aliphatic heterocycles. The smallest absolute Gasteiger partial charge is 0.0794 e. The van der Waals surface area contributed by atoms with E-state index < -0.39 is 0 Å². The first kappa shape index (κ1) is 23.0. The zero-order valence-corrected chi connectivity index (χ0v) is 21.2. The second-order valence-electron chi connectivity index (χ2n) is 11.4. The fraction of sp³-hybridized carbons (Fsp3) is 0.724. The van der Waals surface area contributed by atoms with Gasteiger partial charge in [0, 0.05) is 69.0 Å². The zero-order chi connectivity index (χ0) is 23.1. The molecular formula is C29H44N4O. The highest BCUT2D eigenvalue weighted by molar-refractivity contribution is 5.87. The van der Waals surface area contributed by atoms with E-state index in [0.717, 1.165) is 64.8 Å². The lowest BCUT2D eigenvalue weighted by molar-refractivity contribution is 0.0296. The first-order valence-electron chi connectivity index (χ1n) is 14.2. The number of β-amino-alcohol motifs (C(OH)–C–C–N with tert-alkyl or cyclic N) is 1. The third-order valence-electron chi connectivity index (χ3n) is 9.41. The van der Waals surface area contributed by atoms with E-state index in [1.807, 2.05) is 0 Å². The molecule has 34 heavy (non-hydrogen) atoms. The molecule has 2 fully saturated rings. The highest BCUT2D eigenvalue weighted by Gasteiger charge is 2.36. The minimum Gasteiger partial charge on any atom is -0.390 e. The van der Waals surface area contributed by atoms with E-state index in [2.05, 4.69) is 44.4 Å². The van der Waals surface area contributed by atoms with Crippen LogP contribution in [-0.2, 0) is 13.0 Å². The molecule has 4 aliphatic rings. The monoisotopic (exact) mass is 464 g/mol. The average Bonchev–Trinajstić information content (AvgIpc) is 3.21. The standard InChI is InChI=1S/C29H44N4O/c1-2-30-13-15-31(16-14-30)20-24(34)21-32-17-18-33-27-12-11-23(22-7-4-3-5-8-22)19-26(27)25-9-6-10-28(32)29(25)33/h11-12,19,22,24,28,34H,2-10,13-18,20-21H2,1H3/t24-,28+/m1/s1. The van der Waals surface area contributed by atoms with Crippen LogP contribution in [0.1, 0.15) is 80.7 Å². The maximum atomic E-state index is 11.0. The number of piperazine rings is 1. The normalized spacial score (nSPS) is 26.1. The number of hydrogen-bond donors (Lipinski definition) is 1. The van der Waals surface area contributed by atoms with E-state index >= 15 is 0 Å². The van der Waals surface area contributed by atoms with Crippen molar-refractivity contribution in [3.05, 3.63) is 35.0 Å². The van der Waals surface area contributed by atoms with Gasteiger partial charge >= 0.3 is 0 Å². The topological polar surface area (TPSA) is 34.9 Å². The molecule has 5 nitrogen and oxygen atoms in total. The molecule has 1 saturated heterocycles. The van der Waals surface area contributed by atoms with Crippen molar-refractivity contribution in [3.8, 4) is 0 Å². The van der Waals surface area contributed by atoms with Gasteiger partial charge in [-0.05, 0) is 67.8 Å². The number of rotatable bonds is 6. The van der Waals surface area contributed by atoms with Gasteiger partial charge in [-0.15, -0.1) is 0 Å². The number of hydrogen-bond acceptors (Lipinski definition) is 4. The molecule has 5 heteroatoms. The maximum Gasteiger partial charge on any atom is 0.0794 e. The van der Waals surface area contributed by atoms with Crippen LogP contribution in [0.25, 0.3) is 10.9 Å². The fourth-order valence-corrected chi connectivity index (χ4v) is 7.52. The highest BCUT2D eigenvalue weighted by Crippen LogP contribution is 2.44. The molecule has 3 heterocycles. The number of nitrogens with zero attached hydrogens (tertiary/aromatic N) is 4. The molecule has 1 aromatic heterocycles. The van der Waals surface area contributed by atoms with Crippen LogP contribution in [0, 0.1) is 0 Å². The Labute approximate surface area is 205 Å². The Morgan fingerprint density at radius 1 is 0.882 bits per heavy atom. The van der Waals surface area contributed by atoms with Crippen molar-refractivity contribution in [2.24, 2.45) is 0 Å². The lowest BCUT2D eigenvalue weighted by Gasteiger charge is -2.41. The quantitative estimate of drug-likeness (QED) is 0.688. The molecule has 0 spiro atoms. The molecule has 2 aliphatic carbocycles. The number of aromatic nitrogens is 1. The second kappa shape index (κ2) is 9.93. The molecular weight excluding hydrogens is 420 g/mol. The predicted octanol–water partition coefficient (Wildman–Crippen LogP) is 4.38. The number of aliphatic hydroxyl groups is 1. The van der Waals surface area contributed by atoms with Gasteiger partial charge in [0.05, 0.1) is 12.1 Å². The molecule has 0 amide bonds. The third kappa shape index (κ3) is 4.34. The summed E-state index contributed by atoms with van der Waals surface area (Å²) in [5, 5.41) is 12.6. The summed E-state index contributed by atoms with van der Waals surface area (Å²) in [6, 6.07) is 7.93. The molecule has 2 atom stereocenters. The van der Waals surface area contributed by atoms with Crippen LogP contribution in [0.15, 0.2) is 18.2 Å². The van der Waals surface area contributed by atoms with Crippen LogP contribution in [0.5, 0.6) is 0 Å². The zero-order valence-electron chi connectivity index (χ0n) is 21.2. The van der Waals surface area contributed by atoms with E-state index in [1.54, 1.807) is 22.2 Å². The highest BCUT2D eigenvalue weighted by atomic mass is 16.3. The summed E-state index contributed by atoms with van der Waals surface area (Å²) in [7, 11) is 0. The summed E-state index contributed by atoms with van der Waals surface area (Å²) in [4.78, 5) is 7.60. The Bertz CT molecular complexity index is 986. The van der Waals surface area contributed by atoms with E-state index in [-0.39, 0.29) is 6.10 Å². The van der Waals surface area contributed by atoms with Crippen molar-refractivity contribution in [1.29, 1.82) is 0 Å². The number of benzene rings is 1. The molecule has 1 aromatic carbocycles. The van der Waals surface area contributed by atoms with Gasteiger partial charge in [-0.2, -0.15) is 0 Å². The molecule has 2 aromatic rings. The molecule has 0 unspecified atom stereocenters. The van der Waals surface area contributed by atoms with Crippen LogP contribution in [-0.4, -0.2) is 82.8 Å². The van der Waals surface area contributed by atoms with Crippen molar-refractivity contribution in [1.82, 2.24) is 19.3 Å². The number of aryl methyl sites for hydroxylation is 1. The summed E-state index contributed by atoms with van der Waals surface area (Å²) in [5.41, 5.74) is 6.25. The third-order valence-corrected chi connectivity index (χ3v) is 9.41. The predicted molar refractivity (Wildman–Crippen MR) is 140 cm³/mol. The van der Waals surface area contributed by atoms with Crippen molar-refractivity contribution in [3.63, 3.8) is 0 Å². The summed E-state index contributed by atoms with van der Waals surface area (Å²) in [6.07, 6.45) is 10.4. The SMILES string of the molecule is CCN1CCN(C[C@@H](O)CN2CCn3c4c(c5cc(C6CCCCC6)ccc53)CCC[C@@H]42)CC1. The molecule has 186 valence electrons. The average molecular weight is 465 g/mol. The maximum absolute atomic E-state index is 11.0. The van der Waals surface area contributed by atoms with Gasteiger partial charge in [-0.3, -0.25) is 9.80 Å². The van der Waals surface area contributed by atoms with Crippen LogP contribution in [0.4, 0.5) is 0 Å². The van der Waals surface area contributed by atoms with Gasteiger partial charge in [0.1, 0.15) is 0 Å². The number of likely N-dealkylation sites (N-methyl/N-ethyl adjacent to an activating group) is 1. The van der Waals surface area contributed by atoms with Gasteiger partial charge in [0.2, 0.25) is 0 Å². The van der Waals surface area contributed by atoms with Crippen molar-refractivity contribution in [2.75, 3.05) is 52.4 Å². The summed E-state index contributed by atoms with van der Waals surface area (Å²) in [5.74, 6) is 0.771. The molecule has 6 rings (SSSR count). The molecule has 1 saturated carbocycles. The molecule has 1 N–H and O–H groups in total. The van der Waals surface area contributed by atoms with E-state index in [0.29, 0.717) is 6.04 Å². The van der Waals surface area contributed by atoms with Crippen LogP contribution in [0.3, 0.4) is 0 Å². The Kier molecular flexibility index (Phi) is 6.72. The van der Waals surface area contributed by atoms with E-state index in [1.165, 1.54) is 56.9 Å². The fourth-order valence-electron chi connectivity index (χ4n) is 7.52. The Morgan fingerprint density at radius 3 is 2.47 bits per heavy atom. The minimum absolute atomic E-state index is 0.257. The van der Waals surface area contributed by atoms with Crippen molar-refractivity contribution < 1.29 is 5.11 Å². The van der Waals surface area contributed by atoms with Crippen LogP contribution >= 0.6 is 0 Å². The number of aliphatic hydroxyl groups excluding tert-OH is 1. The van der Waals surface area contributed by atoms with Gasteiger partial charge in [0.15, 0.2) is 0 Å². The van der Waals surface area contributed by atoms with Gasteiger partial charge in [-0.1, -0.05) is 32.3 Å². The first-order chi connectivity index (χ1) is 16.7. The summed E-state index contributed by atoms with van der Waals surface area (Å²) >= 11 is 0. The van der Waals surface area contributed by atoms with Crippen molar-refractivity contribution >= 4 is 10.9 Å². The minimum atomic E-state index is -0.257. The molecule has 0 radical (unpaired) electrons. The Hall–Kier alpha value is -1.40. The summed E-state index contributed by atoms with van der Waals surface area (Å²) < 4.78 is 2.64. The lowest BCUT2D eigenvalue weighted by atomic mass is 9.83. The Morgan fingerprint density at radius 2 is 1.68 bits per heavy atom. The van der Waals surface area contributed by atoms with Crippen LogP contribution < -0.4 is 0 Å². The number of fused-ring (bicyclic) bond motifs is 3. The summed E-state index contributed by atoms with van der Waals surface area (Å²) in [6.45, 7) is 11.6. The first-order valence-corrected chi connectivity index (χ1v) is 14.2. The van der Waals surface area contributed by atoms with Crippen molar-refractivity contribution in [2.45, 2.75) is 82.9 Å². The van der Waals surface area contributed by atoms with Crippen LogP contribution in [0.2, 0.25) is 0 Å². The van der Waals surface area contributed by atoms with E-state index in [4.69, 9.17) is 0 Å².